The minimum absolute atomic E-state index is 0.179. The van der Waals surface area contributed by atoms with E-state index in [9.17, 15) is 18.0 Å². The van der Waals surface area contributed by atoms with Crippen molar-refractivity contribution in [1.29, 1.82) is 0 Å². The first-order valence-electron chi connectivity index (χ1n) is 6.26. The molecule has 6 heteroatoms. The zero-order valence-corrected chi connectivity index (χ0v) is 11.2. The van der Waals surface area contributed by atoms with Crippen LogP contribution < -0.4 is 10.6 Å². The van der Waals surface area contributed by atoms with Crippen LogP contribution in [-0.2, 0) is 0 Å². The lowest BCUT2D eigenvalue weighted by atomic mass is 10.1. The number of halogens is 3. The van der Waals surface area contributed by atoms with Gasteiger partial charge in [-0.15, -0.1) is 0 Å². The average Bonchev–Trinajstić information content (AvgIpc) is 2.38. The summed E-state index contributed by atoms with van der Waals surface area (Å²) in [5, 5.41) is 0. The van der Waals surface area contributed by atoms with Gasteiger partial charge in [-0.2, -0.15) is 0 Å². The fourth-order valence-electron chi connectivity index (χ4n) is 2.02. The van der Waals surface area contributed by atoms with Gasteiger partial charge in [0.1, 0.15) is 23.0 Å². The van der Waals surface area contributed by atoms with Crippen LogP contribution in [0.15, 0.2) is 36.4 Å². The van der Waals surface area contributed by atoms with Crippen LogP contribution in [0.5, 0.6) is 0 Å². The zero-order valence-electron chi connectivity index (χ0n) is 11.2. The zero-order chi connectivity index (χ0) is 15.6. The van der Waals surface area contributed by atoms with Crippen molar-refractivity contribution in [2.24, 2.45) is 0 Å². The van der Waals surface area contributed by atoms with Crippen LogP contribution in [0, 0.1) is 17.5 Å². The summed E-state index contributed by atoms with van der Waals surface area (Å²) in [4.78, 5) is 13.5. The molecule has 0 unspecified atom stereocenters. The van der Waals surface area contributed by atoms with Gasteiger partial charge in [-0.25, -0.2) is 13.2 Å². The summed E-state index contributed by atoms with van der Waals surface area (Å²) in [7, 11) is 0. The van der Waals surface area contributed by atoms with E-state index in [0.29, 0.717) is 23.5 Å². The Morgan fingerprint density at radius 2 is 1.76 bits per heavy atom. The normalized spacial score (nSPS) is 10.5. The van der Waals surface area contributed by atoms with E-state index in [4.69, 9.17) is 5.73 Å². The van der Waals surface area contributed by atoms with Gasteiger partial charge in [-0.1, -0.05) is 6.07 Å². The predicted molar refractivity (Wildman–Crippen MR) is 74.5 cm³/mol. The molecular formula is C15H13F3N2O. The fourth-order valence-corrected chi connectivity index (χ4v) is 2.02. The topological polar surface area (TPSA) is 46.3 Å². The summed E-state index contributed by atoms with van der Waals surface area (Å²) in [6.07, 6.45) is 0. The molecule has 0 bridgehead atoms. The van der Waals surface area contributed by atoms with Crippen molar-refractivity contribution in [1.82, 2.24) is 0 Å². The smallest absolute Gasteiger partial charge is 0.264 e. The molecule has 0 atom stereocenters. The number of carbonyl (C=O) groups is 1. The first-order valence-corrected chi connectivity index (χ1v) is 6.26. The Balaban J connectivity index is 2.47. The van der Waals surface area contributed by atoms with E-state index in [-0.39, 0.29) is 6.54 Å². The molecule has 0 fully saturated rings. The van der Waals surface area contributed by atoms with Crippen molar-refractivity contribution in [2.45, 2.75) is 6.92 Å². The van der Waals surface area contributed by atoms with Crippen LogP contribution >= 0.6 is 0 Å². The second-order valence-electron chi connectivity index (χ2n) is 4.39. The maximum atomic E-state index is 13.7. The fraction of sp³-hybridized carbons (Fsp3) is 0.133. The first kappa shape index (κ1) is 14.9. The second kappa shape index (κ2) is 5.87. The lowest BCUT2D eigenvalue weighted by molar-refractivity contribution is 0.0980. The molecule has 0 aliphatic carbocycles. The second-order valence-corrected chi connectivity index (χ2v) is 4.39. The SMILES string of the molecule is CCN(C(=O)c1c(F)cc(F)cc1F)c1cccc(N)c1. The molecule has 110 valence electrons. The summed E-state index contributed by atoms with van der Waals surface area (Å²) >= 11 is 0. The Hall–Kier alpha value is -2.50. The number of anilines is 2. The van der Waals surface area contributed by atoms with Crippen LogP contribution in [-0.4, -0.2) is 12.5 Å². The van der Waals surface area contributed by atoms with Gasteiger partial charge >= 0.3 is 0 Å². The van der Waals surface area contributed by atoms with Crippen LogP contribution in [0.25, 0.3) is 0 Å². The number of amides is 1. The summed E-state index contributed by atoms with van der Waals surface area (Å²) < 4.78 is 40.3. The average molecular weight is 294 g/mol. The maximum absolute atomic E-state index is 13.7. The molecule has 0 saturated carbocycles. The van der Waals surface area contributed by atoms with Crippen LogP contribution in [0.1, 0.15) is 17.3 Å². The third-order valence-corrected chi connectivity index (χ3v) is 2.96. The number of nitrogens with two attached hydrogens (primary N) is 1. The molecule has 21 heavy (non-hydrogen) atoms. The molecule has 1 amide bonds. The molecule has 3 nitrogen and oxygen atoms in total. The van der Waals surface area contributed by atoms with E-state index in [1.165, 1.54) is 6.07 Å². The summed E-state index contributed by atoms with van der Waals surface area (Å²) in [6.45, 7) is 1.83. The van der Waals surface area contributed by atoms with Gasteiger partial charge in [-0.05, 0) is 25.1 Å². The van der Waals surface area contributed by atoms with Gasteiger partial charge in [0.25, 0.3) is 5.91 Å². The minimum Gasteiger partial charge on any atom is -0.399 e. The molecule has 0 radical (unpaired) electrons. The molecule has 0 aliphatic rings. The Morgan fingerprint density at radius 1 is 1.14 bits per heavy atom. The Morgan fingerprint density at radius 3 is 2.29 bits per heavy atom. The summed E-state index contributed by atoms with van der Waals surface area (Å²) in [6, 6.07) is 7.31. The predicted octanol–water partition coefficient (Wildman–Crippen LogP) is 3.35. The van der Waals surface area contributed by atoms with E-state index in [1.54, 1.807) is 25.1 Å². The number of nitrogen functional groups attached to an aromatic ring is 1. The Bertz CT molecular complexity index is 665. The molecule has 0 spiro atoms. The van der Waals surface area contributed by atoms with Crippen molar-refractivity contribution in [3.63, 3.8) is 0 Å². The van der Waals surface area contributed by atoms with Crippen LogP contribution in [0.2, 0.25) is 0 Å². The highest BCUT2D eigenvalue weighted by atomic mass is 19.1. The maximum Gasteiger partial charge on any atom is 0.264 e. The van der Waals surface area contributed by atoms with Crippen molar-refractivity contribution in [3.05, 3.63) is 59.4 Å². The van der Waals surface area contributed by atoms with Crippen molar-refractivity contribution in [3.8, 4) is 0 Å². The van der Waals surface area contributed by atoms with E-state index >= 15 is 0 Å². The molecule has 2 rings (SSSR count). The van der Waals surface area contributed by atoms with Gasteiger partial charge in [0.2, 0.25) is 0 Å². The molecular weight excluding hydrogens is 281 g/mol. The monoisotopic (exact) mass is 294 g/mol. The van der Waals surface area contributed by atoms with Gasteiger partial charge in [0.05, 0.1) is 0 Å². The quantitative estimate of drug-likeness (QED) is 0.882. The first-order chi connectivity index (χ1) is 9.93. The van der Waals surface area contributed by atoms with Crippen LogP contribution in [0.3, 0.4) is 0 Å². The van der Waals surface area contributed by atoms with Crippen molar-refractivity contribution >= 4 is 17.3 Å². The Kier molecular flexibility index (Phi) is 4.16. The molecule has 0 aliphatic heterocycles. The highest BCUT2D eigenvalue weighted by Gasteiger charge is 2.24. The van der Waals surface area contributed by atoms with Gasteiger partial charge < -0.3 is 10.6 Å². The molecule has 2 aromatic carbocycles. The highest BCUT2D eigenvalue weighted by Crippen LogP contribution is 2.23. The number of hydrogen-bond donors (Lipinski definition) is 1. The Labute approximate surface area is 119 Å². The minimum atomic E-state index is -1.24. The van der Waals surface area contributed by atoms with E-state index < -0.39 is 28.9 Å². The van der Waals surface area contributed by atoms with E-state index in [2.05, 4.69) is 0 Å². The lowest BCUT2D eigenvalue weighted by Crippen LogP contribution is -2.32. The molecule has 2 N–H and O–H groups in total. The number of nitrogens with zero attached hydrogens (tertiary/aromatic N) is 1. The lowest BCUT2D eigenvalue weighted by Gasteiger charge is -2.22. The van der Waals surface area contributed by atoms with Gasteiger partial charge in [-0.3, -0.25) is 4.79 Å². The highest BCUT2D eigenvalue weighted by molar-refractivity contribution is 6.06. The molecule has 2 aromatic rings. The number of rotatable bonds is 3. The molecule has 0 aromatic heterocycles. The molecule has 0 heterocycles. The number of carbonyl (C=O) groups excluding carboxylic acids is 1. The van der Waals surface area contributed by atoms with Gasteiger partial charge in [0.15, 0.2) is 0 Å². The van der Waals surface area contributed by atoms with Gasteiger partial charge in [0, 0.05) is 30.1 Å². The van der Waals surface area contributed by atoms with Crippen LogP contribution in [0.4, 0.5) is 24.5 Å². The molecule has 0 saturated heterocycles. The van der Waals surface area contributed by atoms with E-state index in [1.807, 2.05) is 0 Å². The largest absolute Gasteiger partial charge is 0.399 e. The third kappa shape index (κ3) is 2.99. The standard InChI is InChI=1S/C15H13F3N2O/c1-2-20(11-5-3-4-10(19)8-11)15(21)14-12(17)6-9(16)7-13(14)18/h3-8H,2,19H2,1H3. The van der Waals surface area contributed by atoms with Crippen molar-refractivity contribution in [2.75, 3.05) is 17.2 Å². The number of benzene rings is 2. The number of hydrogen-bond acceptors (Lipinski definition) is 2. The summed E-state index contributed by atoms with van der Waals surface area (Å²) in [5.74, 6) is -4.44. The van der Waals surface area contributed by atoms with E-state index in [0.717, 1.165) is 4.90 Å². The van der Waals surface area contributed by atoms with Crippen molar-refractivity contribution < 1.29 is 18.0 Å². The third-order valence-electron chi connectivity index (χ3n) is 2.96. The summed E-state index contributed by atoms with van der Waals surface area (Å²) in [5.41, 5.74) is 5.67.